The number of carbonyl (C=O) groups excluding carboxylic acids is 1. The van der Waals surface area contributed by atoms with Crippen LogP contribution in [0.25, 0.3) is 0 Å². The van der Waals surface area contributed by atoms with Crippen molar-refractivity contribution in [2.24, 2.45) is 5.41 Å². The lowest BCUT2D eigenvalue weighted by atomic mass is 9.67. The molecule has 1 amide bonds. The number of nitrogens with one attached hydrogen (secondary N) is 1. The largest absolute Gasteiger partial charge is 0.324 e. The molecule has 1 saturated carbocycles. The summed E-state index contributed by atoms with van der Waals surface area (Å²) < 4.78 is 0. The SMILES string of the molecule is CC1(C)C2CCC1(C(=O)Nc1ccccc1Cl)c1nc(C#N)c(C#N)nc12. The lowest BCUT2D eigenvalue weighted by Crippen LogP contribution is -2.46. The zero-order valence-corrected chi connectivity index (χ0v) is 15.6. The quantitative estimate of drug-likeness (QED) is 0.860. The fraction of sp³-hybridized carbons (Fsp3) is 0.350. The molecule has 0 spiro atoms. The van der Waals surface area contributed by atoms with Crippen molar-refractivity contribution in [1.29, 1.82) is 10.5 Å². The summed E-state index contributed by atoms with van der Waals surface area (Å²) in [5, 5.41) is 22.0. The molecule has 4 rings (SSSR count). The molecule has 0 aliphatic heterocycles. The third kappa shape index (κ3) is 2.14. The molecule has 6 nitrogen and oxygen atoms in total. The average Bonchev–Trinajstić information content (AvgIpc) is 3.04. The predicted octanol–water partition coefficient (Wildman–Crippen LogP) is 3.67. The molecule has 1 heterocycles. The van der Waals surface area contributed by atoms with Gasteiger partial charge in [-0.15, -0.1) is 0 Å². The van der Waals surface area contributed by atoms with Crippen molar-refractivity contribution in [1.82, 2.24) is 9.97 Å². The van der Waals surface area contributed by atoms with Crippen molar-refractivity contribution in [2.45, 2.75) is 38.0 Å². The Bertz CT molecular complexity index is 1070. The van der Waals surface area contributed by atoms with Gasteiger partial charge in [-0.3, -0.25) is 4.79 Å². The molecule has 2 aliphatic carbocycles. The van der Waals surface area contributed by atoms with Crippen molar-refractivity contribution in [3.63, 3.8) is 0 Å². The van der Waals surface area contributed by atoms with Gasteiger partial charge in [0.25, 0.3) is 0 Å². The van der Waals surface area contributed by atoms with E-state index in [0.717, 1.165) is 6.42 Å². The Morgan fingerprint density at radius 3 is 2.56 bits per heavy atom. The molecule has 2 bridgehead atoms. The first-order chi connectivity index (χ1) is 12.9. The van der Waals surface area contributed by atoms with E-state index in [0.29, 0.717) is 28.5 Å². The first-order valence-electron chi connectivity index (χ1n) is 8.65. The molecule has 1 aromatic carbocycles. The Hall–Kier alpha value is -2.96. The molecule has 134 valence electrons. The number of hydrogen-bond donors (Lipinski definition) is 1. The van der Waals surface area contributed by atoms with Crippen molar-refractivity contribution < 1.29 is 4.79 Å². The highest BCUT2D eigenvalue weighted by molar-refractivity contribution is 6.33. The maximum atomic E-state index is 13.5. The molecular weight excluding hydrogens is 362 g/mol. The molecule has 1 fully saturated rings. The standard InChI is InChI=1S/C20H16ClN5O/c1-19(2)11-7-8-20(19,18(27)26-13-6-4-3-5-12(13)21)17-16(11)24-14(9-22)15(10-23)25-17/h3-6,11H,7-8H2,1-2H3,(H,26,27). The van der Waals surface area contributed by atoms with E-state index in [4.69, 9.17) is 11.6 Å². The second kappa shape index (κ2) is 5.77. The topological polar surface area (TPSA) is 102 Å². The summed E-state index contributed by atoms with van der Waals surface area (Å²) in [4.78, 5) is 22.4. The highest BCUT2D eigenvalue weighted by Gasteiger charge is 2.68. The molecule has 7 heteroatoms. The summed E-state index contributed by atoms with van der Waals surface area (Å²) in [7, 11) is 0. The molecule has 1 aromatic heterocycles. The van der Waals surface area contributed by atoms with E-state index in [9.17, 15) is 15.3 Å². The van der Waals surface area contributed by atoms with Crippen molar-refractivity contribution >= 4 is 23.2 Å². The Balaban J connectivity index is 1.88. The van der Waals surface area contributed by atoms with Gasteiger partial charge in [-0.05, 0) is 30.4 Å². The molecule has 0 saturated heterocycles. The number of hydrogen-bond acceptors (Lipinski definition) is 5. The molecular formula is C20H16ClN5O. The highest BCUT2D eigenvalue weighted by atomic mass is 35.5. The smallest absolute Gasteiger partial charge is 0.237 e. The van der Waals surface area contributed by atoms with Gasteiger partial charge < -0.3 is 5.32 Å². The number of aromatic nitrogens is 2. The van der Waals surface area contributed by atoms with E-state index in [2.05, 4.69) is 15.3 Å². The maximum Gasteiger partial charge on any atom is 0.237 e. The van der Waals surface area contributed by atoms with Crippen LogP contribution in [0.15, 0.2) is 24.3 Å². The highest BCUT2D eigenvalue weighted by Crippen LogP contribution is 2.67. The fourth-order valence-electron chi connectivity index (χ4n) is 4.71. The number of anilines is 1. The number of amides is 1. The van der Waals surface area contributed by atoms with Gasteiger partial charge in [0.1, 0.15) is 12.1 Å². The van der Waals surface area contributed by atoms with Crippen LogP contribution in [-0.2, 0) is 10.2 Å². The van der Waals surface area contributed by atoms with Crippen LogP contribution in [0.2, 0.25) is 5.02 Å². The fourth-order valence-corrected chi connectivity index (χ4v) is 4.89. The van der Waals surface area contributed by atoms with E-state index in [-0.39, 0.29) is 23.2 Å². The number of carbonyl (C=O) groups is 1. The molecule has 2 aliphatic rings. The minimum Gasteiger partial charge on any atom is -0.324 e. The van der Waals surface area contributed by atoms with E-state index in [1.54, 1.807) is 24.3 Å². The van der Waals surface area contributed by atoms with Crippen LogP contribution in [0.1, 0.15) is 55.4 Å². The lowest BCUT2D eigenvalue weighted by molar-refractivity contribution is -0.124. The van der Waals surface area contributed by atoms with Crippen LogP contribution in [-0.4, -0.2) is 15.9 Å². The van der Waals surface area contributed by atoms with Crippen LogP contribution < -0.4 is 5.32 Å². The zero-order chi connectivity index (χ0) is 19.4. The average molecular weight is 378 g/mol. The molecule has 0 radical (unpaired) electrons. The van der Waals surface area contributed by atoms with Gasteiger partial charge in [-0.25, -0.2) is 9.97 Å². The van der Waals surface area contributed by atoms with E-state index in [1.165, 1.54) is 0 Å². The maximum absolute atomic E-state index is 13.5. The molecule has 1 N–H and O–H groups in total. The number of fused-ring (bicyclic) bond motifs is 5. The van der Waals surface area contributed by atoms with Crippen molar-refractivity contribution in [2.75, 3.05) is 5.32 Å². The minimum absolute atomic E-state index is 0.0110. The van der Waals surface area contributed by atoms with Gasteiger partial charge in [0, 0.05) is 5.92 Å². The van der Waals surface area contributed by atoms with E-state index >= 15 is 0 Å². The first-order valence-corrected chi connectivity index (χ1v) is 9.03. The second-order valence-electron chi connectivity index (χ2n) is 7.53. The van der Waals surface area contributed by atoms with Crippen LogP contribution >= 0.6 is 11.6 Å². The van der Waals surface area contributed by atoms with Crippen LogP contribution in [0.4, 0.5) is 5.69 Å². The van der Waals surface area contributed by atoms with Gasteiger partial charge in [-0.2, -0.15) is 10.5 Å². The third-order valence-electron chi connectivity index (χ3n) is 6.16. The van der Waals surface area contributed by atoms with E-state index in [1.807, 2.05) is 26.0 Å². The molecule has 2 aromatic rings. The summed E-state index contributed by atoms with van der Waals surface area (Å²) >= 11 is 6.21. The number of nitrogens with zero attached hydrogens (tertiary/aromatic N) is 4. The van der Waals surface area contributed by atoms with Gasteiger partial charge >= 0.3 is 0 Å². The molecule has 2 unspecified atom stereocenters. The van der Waals surface area contributed by atoms with Crippen molar-refractivity contribution in [3.05, 3.63) is 52.1 Å². The van der Waals surface area contributed by atoms with Gasteiger partial charge in [-0.1, -0.05) is 37.6 Å². The normalized spacial score (nSPS) is 24.0. The monoisotopic (exact) mass is 377 g/mol. The number of nitriles is 2. The molecule has 2 atom stereocenters. The Labute approximate surface area is 161 Å². The van der Waals surface area contributed by atoms with Crippen LogP contribution in [0.3, 0.4) is 0 Å². The summed E-state index contributed by atoms with van der Waals surface area (Å²) in [5.74, 6) is -0.193. The molecule has 27 heavy (non-hydrogen) atoms. The summed E-state index contributed by atoms with van der Waals surface area (Å²) in [5.41, 5.74) is 0.333. The number of benzene rings is 1. The minimum atomic E-state index is -0.918. The van der Waals surface area contributed by atoms with Gasteiger partial charge in [0.2, 0.25) is 5.91 Å². The predicted molar refractivity (Wildman–Crippen MR) is 99.0 cm³/mol. The summed E-state index contributed by atoms with van der Waals surface area (Å²) in [6.07, 6.45) is 1.39. The summed E-state index contributed by atoms with van der Waals surface area (Å²) in [6.45, 7) is 4.05. The lowest BCUT2D eigenvalue weighted by Gasteiger charge is -2.36. The second-order valence-corrected chi connectivity index (χ2v) is 7.94. The van der Waals surface area contributed by atoms with Crippen molar-refractivity contribution in [3.8, 4) is 12.1 Å². The van der Waals surface area contributed by atoms with Gasteiger partial charge in [0.15, 0.2) is 11.4 Å². The van der Waals surface area contributed by atoms with Crippen LogP contribution in [0.5, 0.6) is 0 Å². The van der Waals surface area contributed by atoms with E-state index < -0.39 is 10.8 Å². The zero-order valence-electron chi connectivity index (χ0n) is 14.9. The number of para-hydroxylation sites is 1. The Kier molecular flexibility index (Phi) is 3.73. The summed E-state index contributed by atoms with van der Waals surface area (Å²) in [6, 6.07) is 10.9. The number of halogens is 1. The Morgan fingerprint density at radius 1 is 1.22 bits per heavy atom. The van der Waals surface area contributed by atoms with Gasteiger partial charge in [0.05, 0.1) is 27.5 Å². The Morgan fingerprint density at radius 2 is 1.89 bits per heavy atom. The first kappa shape index (κ1) is 17.5. The van der Waals surface area contributed by atoms with Crippen LogP contribution in [0, 0.1) is 28.1 Å². The third-order valence-corrected chi connectivity index (χ3v) is 6.49. The number of rotatable bonds is 2.